The number of likely N-dealkylation sites (tertiary alicyclic amines) is 1. The highest BCUT2D eigenvalue weighted by Crippen LogP contribution is 2.51. The number of nitrogens with two attached hydrogens (primary N) is 1. The first-order chi connectivity index (χ1) is 18.9. The summed E-state index contributed by atoms with van der Waals surface area (Å²) >= 11 is 1.22. The second kappa shape index (κ2) is 10.7. The van der Waals surface area contributed by atoms with Crippen LogP contribution < -0.4 is 11.1 Å². The van der Waals surface area contributed by atoms with E-state index in [1.54, 1.807) is 31.2 Å². The second-order valence-corrected chi connectivity index (χ2v) is 11.4. The zero-order chi connectivity index (χ0) is 28.8. The lowest BCUT2D eigenvalue weighted by atomic mass is 9.96. The number of nitrogen functional groups attached to an aromatic ring is 1. The third-order valence-electron chi connectivity index (χ3n) is 7.48. The Morgan fingerprint density at radius 1 is 1.18 bits per heavy atom. The number of rotatable bonds is 7. The monoisotopic (exact) mass is 572 g/mol. The molecular formula is C29H28F4N4O2S. The molecule has 11 heteroatoms. The molecule has 1 aliphatic carbocycles. The van der Waals surface area contributed by atoms with Crippen LogP contribution >= 0.6 is 11.3 Å². The van der Waals surface area contributed by atoms with E-state index < -0.39 is 23.8 Å². The van der Waals surface area contributed by atoms with Crippen LogP contribution in [0.4, 0.5) is 23.4 Å². The maximum absolute atomic E-state index is 14.2. The van der Waals surface area contributed by atoms with E-state index >= 15 is 0 Å². The van der Waals surface area contributed by atoms with E-state index in [9.17, 15) is 27.2 Å². The Morgan fingerprint density at radius 3 is 2.58 bits per heavy atom. The van der Waals surface area contributed by atoms with Gasteiger partial charge in [0.1, 0.15) is 12.0 Å². The van der Waals surface area contributed by atoms with Gasteiger partial charge in [-0.2, -0.15) is 13.2 Å². The molecule has 2 aromatic heterocycles. The summed E-state index contributed by atoms with van der Waals surface area (Å²) in [6.45, 7) is 3.89. The molecule has 2 fully saturated rings. The summed E-state index contributed by atoms with van der Waals surface area (Å²) in [5.41, 5.74) is 7.58. The van der Waals surface area contributed by atoms with Crippen LogP contribution in [-0.4, -0.2) is 41.0 Å². The second-order valence-electron chi connectivity index (χ2n) is 10.3. The Labute approximate surface area is 232 Å². The van der Waals surface area contributed by atoms with Crippen molar-refractivity contribution in [2.75, 3.05) is 18.8 Å². The highest BCUT2D eigenvalue weighted by atomic mass is 32.1. The van der Waals surface area contributed by atoms with Crippen LogP contribution in [0.2, 0.25) is 0 Å². The lowest BCUT2D eigenvalue weighted by Crippen LogP contribution is -2.52. The minimum absolute atomic E-state index is 0.0605. The fraction of sp³-hybridized carbons (Fsp3) is 0.345. The zero-order valence-electron chi connectivity index (χ0n) is 21.9. The van der Waals surface area contributed by atoms with Crippen LogP contribution in [0.25, 0.3) is 16.5 Å². The van der Waals surface area contributed by atoms with Crippen LogP contribution in [-0.2, 0) is 22.3 Å². The van der Waals surface area contributed by atoms with Gasteiger partial charge in [-0.05, 0) is 72.7 Å². The van der Waals surface area contributed by atoms with Gasteiger partial charge in [0.15, 0.2) is 0 Å². The van der Waals surface area contributed by atoms with Gasteiger partial charge >= 0.3 is 6.18 Å². The van der Waals surface area contributed by atoms with E-state index in [-0.39, 0.29) is 42.9 Å². The number of alkyl halides is 4. The SMILES string of the molecule is Cc1c(CNC(=O)C=Cc2ccc(N)nc2)sc(-c2ccc(C3CC3C(=O)N3CC(F)C3)cc2C(F)(F)F)c1C. The number of thiophene rings is 1. The van der Waals surface area contributed by atoms with E-state index in [0.29, 0.717) is 33.8 Å². The summed E-state index contributed by atoms with van der Waals surface area (Å²) in [5, 5.41) is 2.79. The van der Waals surface area contributed by atoms with Gasteiger partial charge in [0.2, 0.25) is 11.8 Å². The number of halogens is 4. The van der Waals surface area contributed by atoms with E-state index in [1.807, 2.05) is 6.92 Å². The van der Waals surface area contributed by atoms with Crippen molar-refractivity contribution in [3.63, 3.8) is 0 Å². The minimum atomic E-state index is -4.60. The molecule has 6 nitrogen and oxygen atoms in total. The number of nitrogens with one attached hydrogen (secondary N) is 1. The normalized spacial score (nSPS) is 19.1. The Morgan fingerprint density at radius 2 is 1.93 bits per heavy atom. The number of aromatic nitrogens is 1. The third kappa shape index (κ3) is 5.74. The molecule has 0 spiro atoms. The molecule has 40 heavy (non-hydrogen) atoms. The molecule has 1 aromatic carbocycles. The molecule has 1 saturated carbocycles. The first kappa shape index (κ1) is 27.8. The number of amides is 2. The van der Waals surface area contributed by atoms with Crippen molar-refractivity contribution < 1.29 is 27.2 Å². The lowest BCUT2D eigenvalue weighted by Gasteiger charge is -2.34. The zero-order valence-corrected chi connectivity index (χ0v) is 22.7. The summed E-state index contributed by atoms with van der Waals surface area (Å²) in [7, 11) is 0. The fourth-order valence-electron chi connectivity index (χ4n) is 4.90. The summed E-state index contributed by atoms with van der Waals surface area (Å²) < 4.78 is 55.9. The number of carbonyl (C=O) groups is 2. The quantitative estimate of drug-likeness (QED) is 0.283. The van der Waals surface area contributed by atoms with E-state index in [4.69, 9.17) is 5.73 Å². The standard InChI is InChI=1S/C29H28F4N4O2S/c1-15-16(2)27(40-24(15)12-36-26(38)8-4-17-3-7-25(34)35-11-17)20-6-5-18(9-23(20)29(31,32)33)21-10-22(21)28(39)37-13-19(30)14-37/h3-9,11,19,21-22H,10,12-14H2,1-2H3,(H2,34,35)(H,36,38). The van der Waals surface area contributed by atoms with Crippen molar-refractivity contribution >= 4 is 35.0 Å². The van der Waals surface area contributed by atoms with Crippen molar-refractivity contribution in [3.05, 3.63) is 75.3 Å². The highest BCUT2D eigenvalue weighted by Gasteiger charge is 2.49. The summed E-state index contributed by atoms with van der Waals surface area (Å²) in [6, 6.07) is 7.63. The first-order valence-electron chi connectivity index (χ1n) is 12.8. The molecule has 0 bridgehead atoms. The summed E-state index contributed by atoms with van der Waals surface area (Å²) in [6.07, 6.45) is -0.659. The maximum atomic E-state index is 14.2. The van der Waals surface area contributed by atoms with Crippen molar-refractivity contribution in [3.8, 4) is 10.4 Å². The molecular weight excluding hydrogens is 544 g/mol. The topological polar surface area (TPSA) is 88.3 Å². The average molecular weight is 573 g/mol. The van der Waals surface area contributed by atoms with Gasteiger partial charge in [-0.3, -0.25) is 9.59 Å². The minimum Gasteiger partial charge on any atom is -0.384 e. The molecule has 3 N–H and O–H groups in total. The predicted octanol–water partition coefficient (Wildman–Crippen LogP) is 5.64. The van der Waals surface area contributed by atoms with Crippen LogP contribution in [0.1, 0.15) is 45.0 Å². The van der Waals surface area contributed by atoms with Crippen LogP contribution in [0.15, 0.2) is 42.6 Å². The molecule has 0 radical (unpaired) electrons. The number of hydrogen-bond donors (Lipinski definition) is 2. The predicted molar refractivity (Wildman–Crippen MR) is 146 cm³/mol. The van der Waals surface area contributed by atoms with Crippen LogP contribution in [0.3, 0.4) is 0 Å². The molecule has 2 atom stereocenters. The van der Waals surface area contributed by atoms with Crippen molar-refractivity contribution in [2.45, 2.75) is 45.1 Å². The molecule has 2 unspecified atom stereocenters. The number of carbonyl (C=O) groups excluding carboxylic acids is 2. The fourth-order valence-corrected chi connectivity index (χ4v) is 6.19. The van der Waals surface area contributed by atoms with E-state index in [2.05, 4.69) is 10.3 Å². The number of pyridine rings is 1. The first-order valence-corrected chi connectivity index (χ1v) is 13.6. The van der Waals surface area contributed by atoms with Crippen molar-refractivity contribution in [2.24, 2.45) is 5.92 Å². The summed E-state index contributed by atoms with van der Waals surface area (Å²) in [4.78, 5) is 31.5. The molecule has 1 aliphatic heterocycles. The number of hydrogen-bond acceptors (Lipinski definition) is 5. The van der Waals surface area contributed by atoms with E-state index in [0.717, 1.165) is 16.5 Å². The van der Waals surface area contributed by atoms with Gasteiger partial charge < -0.3 is 16.0 Å². The van der Waals surface area contributed by atoms with E-state index in [1.165, 1.54) is 34.6 Å². The Hall–Kier alpha value is -3.73. The Bertz CT molecular complexity index is 1480. The third-order valence-corrected chi connectivity index (χ3v) is 8.91. The summed E-state index contributed by atoms with van der Waals surface area (Å²) in [5.74, 6) is -0.859. The van der Waals surface area contributed by atoms with Gasteiger partial charge in [0, 0.05) is 33.5 Å². The van der Waals surface area contributed by atoms with Gasteiger partial charge in [0.25, 0.3) is 0 Å². The van der Waals surface area contributed by atoms with Gasteiger partial charge in [0.05, 0.1) is 25.2 Å². The average Bonchev–Trinajstić information content (AvgIpc) is 3.65. The maximum Gasteiger partial charge on any atom is 0.417 e. The largest absolute Gasteiger partial charge is 0.417 e. The van der Waals surface area contributed by atoms with Crippen molar-refractivity contribution in [1.29, 1.82) is 0 Å². The van der Waals surface area contributed by atoms with Crippen molar-refractivity contribution in [1.82, 2.24) is 15.2 Å². The van der Waals surface area contributed by atoms with Gasteiger partial charge in [-0.25, -0.2) is 9.37 Å². The van der Waals surface area contributed by atoms with Crippen LogP contribution in [0, 0.1) is 19.8 Å². The molecule has 3 aromatic rings. The Kier molecular flexibility index (Phi) is 7.43. The number of nitrogens with zero attached hydrogens (tertiary/aromatic N) is 2. The molecule has 2 amide bonds. The molecule has 210 valence electrons. The molecule has 3 heterocycles. The Balaban J connectivity index is 1.32. The highest BCUT2D eigenvalue weighted by molar-refractivity contribution is 7.16. The smallest absolute Gasteiger partial charge is 0.384 e. The van der Waals surface area contributed by atoms with Gasteiger partial charge in [-0.15, -0.1) is 11.3 Å². The molecule has 2 aliphatic rings. The van der Waals surface area contributed by atoms with Gasteiger partial charge in [-0.1, -0.05) is 12.1 Å². The molecule has 1 saturated heterocycles. The number of anilines is 1. The van der Waals surface area contributed by atoms with Crippen LogP contribution in [0.5, 0.6) is 0 Å². The molecule has 5 rings (SSSR count). The number of benzene rings is 1. The lowest BCUT2D eigenvalue weighted by molar-refractivity contribution is -0.139.